The van der Waals surface area contributed by atoms with E-state index >= 15 is 0 Å². The second-order valence-electron chi connectivity index (χ2n) is 4.44. The van der Waals surface area contributed by atoms with Crippen LogP contribution >= 0.6 is 0 Å². The summed E-state index contributed by atoms with van der Waals surface area (Å²) in [7, 11) is 0. The molecule has 1 heterocycles. The molecule has 1 aliphatic rings. The van der Waals surface area contributed by atoms with Crippen LogP contribution in [0.5, 0.6) is 0 Å². The highest BCUT2D eigenvalue weighted by molar-refractivity contribution is 5.77. The van der Waals surface area contributed by atoms with Crippen molar-refractivity contribution in [2.24, 2.45) is 10.7 Å². The van der Waals surface area contributed by atoms with Gasteiger partial charge < -0.3 is 11.1 Å². The molecule has 0 spiro atoms. The van der Waals surface area contributed by atoms with Crippen LogP contribution in [0.15, 0.2) is 4.99 Å². The van der Waals surface area contributed by atoms with E-state index in [1.165, 1.54) is 0 Å². The van der Waals surface area contributed by atoms with Crippen molar-refractivity contribution in [2.45, 2.75) is 38.4 Å². The molecule has 4 nitrogen and oxygen atoms in total. The number of likely N-dealkylation sites (N-methyl/N-ethyl adjacent to an activating group) is 1. The van der Waals surface area contributed by atoms with Gasteiger partial charge in [-0.1, -0.05) is 6.92 Å². The summed E-state index contributed by atoms with van der Waals surface area (Å²) in [6.07, 6.45) is -2.83. The third-order valence-corrected chi connectivity index (χ3v) is 3.09. The topological polar surface area (TPSA) is 53.6 Å². The van der Waals surface area contributed by atoms with Crippen molar-refractivity contribution >= 4 is 5.96 Å². The van der Waals surface area contributed by atoms with Crippen LogP contribution in [0.3, 0.4) is 0 Å². The van der Waals surface area contributed by atoms with Crippen molar-refractivity contribution in [1.29, 1.82) is 0 Å². The fraction of sp³-hybridized carbons (Fsp3) is 0.909. The van der Waals surface area contributed by atoms with E-state index in [1.54, 1.807) is 0 Å². The smallest absolute Gasteiger partial charge is 0.370 e. The number of halogens is 3. The molecule has 0 aromatic heterocycles. The molecule has 1 aliphatic heterocycles. The summed E-state index contributed by atoms with van der Waals surface area (Å²) in [5.41, 5.74) is 5.52. The molecule has 7 heteroatoms. The summed E-state index contributed by atoms with van der Waals surface area (Å²) in [6, 6.07) is 0.373. The van der Waals surface area contributed by atoms with Crippen molar-refractivity contribution in [3.63, 3.8) is 0 Å². The lowest BCUT2D eigenvalue weighted by Crippen LogP contribution is -2.37. The Morgan fingerprint density at radius 3 is 2.83 bits per heavy atom. The first-order chi connectivity index (χ1) is 8.42. The molecule has 1 saturated heterocycles. The zero-order valence-electron chi connectivity index (χ0n) is 10.6. The molecule has 106 valence electrons. The van der Waals surface area contributed by atoms with Gasteiger partial charge in [0.1, 0.15) is 0 Å². The molecule has 0 aromatic rings. The quantitative estimate of drug-likeness (QED) is 0.583. The second kappa shape index (κ2) is 6.82. The van der Waals surface area contributed by atoms with E-state index in [0.29, 0.717) is 12.6 Å². The lowest BCUT2D eigenvalue weighted by atomic mass is 10.2. The SMILES string of the molecule is CCN1CCCC1CN=C(N)NCCC(F)(F)F. The first kappa shape index (κ1) is 15.1. The summed E-state index contributed by atoms with van der Waals surface area (Å²) in [4.78, 5) is 6.41. The van der Waals surface area contributed by atoms with Gasteiger partial charge in [-0.25, -0.2) is 0 Å². The largest absolute Gasteiger partial charge is 0.390 e. The molecule has 0 aliphatic carbocycles. The Hall–Kier alpha value is -0.980. The van der Waals surface area contributed by atoms with Crippen LogP contribution in [-0.2, 0) is 0 Å². The van der Waals surface area contributed by atoms with Crippen molar-refractivity contribution in [3.8, 4) is 0 Å². The minimum Gasteiger partial charge on any atom is -0.370 e. The van der Waals surface area contributed by atoms with Crippen molar-refractivity contribution in [1.82, 2.24) is 10.2 Å². The Morgan fingerprint density at radius 2 is 2.22 bits per heavy atom. The summed E-state index contributed by atoms with van der Waals surface area (Å²) in [5.74, 6) is 0.0993. The third kappa shape index (κ3) is 5.57. The summed E-state index contributed by atoms with van der Waals surface area (Å²) in [6.45, 7) is 4.46. The summed E-state index contributed by atoms with van der Waals surface area (Å²) >= 11 is 0. The van der Waals surface area contributed by atoms with E-state index in [1.807, 2.05) is 0 Å². The first-order valence-corrected chi connectivity index (χ1v) is 6.27. The highest BCUT2D eigenvalue weighted by Gasteiger charge is 2.26. The zero-order chi connectivity index (χ0) is 13.6. The van der Waals surface area contributed by atoms with Gasteiger partial charge in [-0.05, 0) is 25.9 Å². The van der Waals surface area contributed by atoms with Gasteiger partial charge in [-0.2, -0.15) is 13.2 Å². The number of likely N-dealkylation sites (tertiary alicyclic amines) is 1. The number of rotatable bonds is 5. The fourth-order valence-corrected chi connectivity index (χ4v) is 2.11. The Bertz CT molecular complexity index is 278. The van der Waals surface area contributed by atoms with Crippen LogP contribution in [0, 0.1) is 0 Å². The number of alkyl halides is 3. The molecular formula is C11H21F3N4. The van der Waals surface area contributed by atoms with Gasteiger partial charge in [0.05, 0.1) is 13.0 Å². The normalized spacial score (nSPS) is 22.4. The second-order valence-corrected chi connectivity index (χ2v) is 4.44. The van der Waals surface area contributed by atoms with E-state index in [4.69, 9.17) is 5.73 Å². The standard InChI is InChI=1S/C11H21F3N4/c1-2-18-7-3-4-9(18)8-17-10(15)16-6-5-11(12,13)14/h9H,2-8H2,1H3,(H3,15,16,17). The van der Waals surface area contributed by atoms with E-state index in [-0.39, 0.29) is 12.5 Å². The molecular weight excluding hydrogens is 245 g/mol. The summed E-state index contributed by atoms with van der Waals surface area (Å²) < 4.78 is 35.7. The molecule has 1 fully saturated rings. The Balaban J connectivity index is 2.25. The van der Waals surface area contributed by atoms with E-state index in [9.17, 15) is 13.2 Å². The Labute approximate surface area is 105 Å². The number of hydrogen-bond acceptors (Lipinski definition) is 2. The number of nitrogens with zero attached hydrogens (tertiary/aromatic N) is 2. The molecule has 1 rings (SSSR count). The van der Waals surface area contributed by atoms with Crippen LogP contribution in [0.25, 0.3) is 0 Å². The third-order valence-electron chi connectivity index (χ3n) is 3.09. The minimum absolute atomic E-state index is 0.0993. The van der Waals surface area contributed by atoms with Gasteiger partial charge in [0.15, 0.2) is 5.96 Å². The predicted molar refractivity (Wildman–Crippen MR) is 65.4 cm³/mol. The molecule has 0 aromatic carbocycles. The number of aliphatic imine (C=N–C) groups is 1. The molecule has 3 N–H and O–H groups in total. The Kier molecular flexibility index (Phi) is 5.71. The molecule has 0 amide bonds. The average Bonchev–Trinajstić information content (AvgIpc) is 2.71. The van der Waals surface area contributed by atoms with Crippen LogP contribution in [0.4, 0.5) is 13.2 Å². The van der Waals surface area contributed by atoms with E-state index in [2.05, 4.69) is 22.1 Å². The number of nitrogens with two attached hydrogens (primary N) is 1. The highest BCUT2D eigenvalue weighted by atomic mass is 19.4. The maximum absolute atomic E-state index is 11.9. The van der Waals surface area contributed by atoms with E-state index in [0.717, 1.165) is 25.9 Å². The molecule has 0 saturated carbocycles. The van der Waals surface area contributed by atoms with E-state index < -0.39 is 12.6 Å². The zero-order valence-corrected chi connectivity index (χ0v) is 10.6. The molecule has 18 heavy (non-hydrogen) atoms. The highest BCUT2D eigenvalue weighted by Crippen LogP contribution is 2.18. The van der Waals surface area contributed by atoms with Gasteiger partial charge in [-0.3, -0.25) is 9.89 Å². The number of hydrogen-bond donors (Lipinski definition) is 2. The number of guanidine groups is 1. The molecule has 1 unspecified atom stereocenters. The Morgan fingerprint density at radius 1 is 1.50 bits per heavy atom. The summed E-state index contributed by atoms with van der Waals surface area (Å²) in [5, 5.41) is 2.49. The fourth-order valence-electron chi connectivity index (χ4n) is 2.11. The van der Waals surface area contributed by atoms with Gasteiger partial charge in [0.25, 0.3) is 0 Å². The van der Waals surface area contributed by atoms with Crippen molar-refractivity contribution in [2.75, 3.05) is 26.2 Å². The minimum atomic E-state index is -4.16. The molecule has 0 bridgehead atoms. The monoisotopic (exact) mass is 266 g/mol. The lowest BCUT2D eigenvalue weighted by Gasteiger charge is -2.21. The van der Waals surface area contributed by atoms with Crippen LogP contribution in [-0.4, -0.2) is 49.3 Å². The van der Waals surface area contributed by atoms with Crippen molar-refractivity contribution < 1.29 is 13.2 Å². The number of nitrogens with one attached hydrogen (secondary N) is 1. The maximum Gasteiger partial charge on any atom is 0.390 e. The van der Waals surface area contributed by atoms with Crippen LogP contribution < -0.4 is 11.1 Å². The van der Waals surface area contributed by atoms with Crippen molar-refractivity contribution in [3.05, 3.63) is 0 Å². The van der Waals surface area contributed by atoms with Crippen LogP contribution in [0.1, 0.15) is 26.2 Å². The lowest BCUT2D eigenvalue weighted by molar-refractivity contribution is -0.132. The predicted octanol–water partition coefficient (Wildman–Crippen LogP) is 1.33. The molecule has 1 atom stereocenters. The maximum atomic E-state index is 11.9. The van der Waals surface area contributed by atoms with Gasteiger partial charge in [0, 0.05) is 12.6 Å². The van der Waals surface area contributed by atoms with Gasteiger partial charge in [-0.15, -0.1) is 0 Å². The average molecular weight is 266 g/mol. The van der Waals surface area contributed by atoms with Crippen LogP contribution in [0.2, 0.25) is 0 Å². The van der Waals surface area contributed by atoms with Gasteiger partial charge >= 0.3 is 6.18 Å². The molecule has 0 radical (unpaired) electrons. The first-order valence-electron chi connectivity index (χ1n) is 6.27. The van der Waals surface area contributed by atoms with Gasteiger partial charge in [0.2, 0.25) is 0 Å².